The summed E-state index contributed by atoms with van der Waals surface area (Å²) in [5.74, 6) is 0.649. The number of methoxy groups -OCH3 is 1. The van der Waals surface area contributed by atoms with Crippen molar-refractivity contribution in [1.82, 2.24) is 20.4 Å². The highest BCUT2D eigenvalue weighted by Gasteiger charge is 2.31. The minimum atomic E-state index is -0.514. The number of aromatic nitrogens is 2. The van der Waals surface area contributed by atoms with E-state index in [4.69, 9.17) is 9.15 Å². The third kappa shape index (κ3) is 3.21. The van der Waals surface area contributed by atoms with Crippen molar-refractivity contribution < 1.29 is 18.7 Å². The van der Waals surface area contributed by atoms with Crippen LogP contribution in [0.15, 0.2) is 33.9 Å². The number of thioether (sulfide) groups is 1. The van der Waals surface area contributed by atoms with Crippen LogP contribution in [-0.2, 0) is 4.79 Å². The van der Waals surface area contributed by atoms with E-state index < -0.39 is 5.25 Å². The first-order chi connectivity index (χ1) is 11.6. The first-order valence-corrected chi connectivity index (χ1v) is 8.21. The lowest BCUT2D eigenvalue weighted by Crippen LogP contribution is -2.38. The van der Waals surface area contributed by atoms with Gasteiger partial charge in [-0.2, -0.15) is 0 Å². The highest BCUT2D eigenvalue weighted by molar-refractivity contribution is 8.00. The van der Waals surface area contributed by atoms with E-state index in [2.05, 4.69) is 15.5 Å². The van der Waals surface area contributed by atoms with Crippen molar-refractivity contribution >= 4 is 23.7 Å². The zero-order chi connectivity index (χ0) is 17.1. The second kappa shape index (κ2) is 6.91. The topological polar surface area (TPSA) is 97.6 Å². The summed E-state index contributed by atoms with van der Waals surface area (Å²) in [6.07, 6.45) is 0. The number of hydrogen-bond donors (Lipinski definition) is 1. The zero-order valence-corrected chi connectivity index (χ0v) is 14.0. The van der Waals surface area contributed by atoms with Crippen LogP contribution in [0.4, 0.5) is 4.79 Å². The smallest absolute Gasteiger partial charge is 0.324 e. The molecule has 2 heterocycles. The van der Waals surface area contributed by atoms with Gasteiger partial charge in [-0.05, 0) is 19.1 Å². The molecule has 1 atom stereocenters. The first-order valence-electron chi connectivity index (χ1n) is 7.33. The number of hydrogen-bond acceptors (Lipinski definition) is 7. The van der Waals surface area contributed by atoms with Crippen LogP contribution < -0.4 is 10.1 Å². The van der Waals surface area contributed by atoms with Gasteiger partial charge in [0.1, 0.15) is 5.75 Å². The van der Waals surface area contributed by atoms with Crippen LogP contribution in [0, 0.1) is 0 Å². The molecule has 1 saturated heterocycles. The van der Waals surface area contributed by atoms with Gasteiger partial charge in [0, 0.05) is 13.1 Å². The number of nitrogens with one attached hydrogen (secondary N) is 1. The van der Waals surface area contributed by atoms with Crippen molar-refractivity contribution in [3.8, 4) is 17.2 Å². The van der Waals surface area contributed by atoms with E-state index in [1.807, 2.05) is 18.2 Å². The molecule has 1 aliphatic rings. The van der Waals surface area contributed by atoms with Crippen molar-refractivity contribution in [1.29, 1.82) is 0 Å². The van der Waals surface area contributed by atoms with Gasteiger partial charge in [0.15, 0.2) is 0 Å². The molecule has 1 N–H and O–H groups in total. The van der Waals surface area contributed by atoms with Crippen molar-refractivity contribution in [2.75, 3.05) is 20.2 Å². The van der Waals surface area contributed by atoms with Gasteiger partial charge in [-0.15, -0.1) is 10.2 Å². The van der Waals surface area contributed by atoms with Crippen LogP contribution >= 0.6 is 11.8 Å². The quantitative estimate of drug-likeness (QED) is 0.822. The fraction of sp³-hybridized carbons (Fsp3) is 0.333. The standard InChI is InChI=1S/C15H16N4O4S/c1-9(13(20)19-8-7-16-14(19)21)24-15-18-17-12(23-15)10-5-3-4-6-11(10)22-2/h3-6,9H,7-8H2,1-2H3,(H,16,21). The van der Waals surface area contributed by atoms with E-state index >= 15 is 0 Å². The molecule has 2 aromatic rings. The molecule has 9 heteroatoms. The maximum Gasteiger partial charge on any atom is 0.324 e. The number of benzene rings is 1. The fourth-order valence-electron chi connectivity index (χ4n) is 2.29. The van der Waals surface area contributed by atoms with Gasteiger partial charge < -0.3 is 14.5 Å². The largest absolute Gasteiger partial charge is 0.496 e. The zero-order valence-electron chi connectivity index (χ0n) is 13.2. The third-order valence-electron chi connectivity index (χ3n) is 3.49. The fourth-order valence-corrected chi connectivity index (χ4v) is 3.04. The van der Waals surface area contributed by atoms with Gasteiger partial charge in [-0.3, -0.25) is 9.69 Å². The molecule has 8 nitrogen and oxygen atoms in total. The summed E-state index contributed by atoms with van der Waals surface area (Å²) in [6, 6.07) is 6.92. The Balaban J connectivity index is 1.72. The lowest BCUT2D eigenvalue weighted by molar-refractivity contribution is -0.126. The Kier molecular flexibility index (Phi) is 4.70. The van der Waals surface area contributed by atoms with Gasteiger partial charge in [0.2, 0.25) is 5.91 Å². The van der Waals surface area contributed by atoms with Gasteiger partial charge in [-0.25, -0.2) is 4.79 Å². The number of para-hydroxylation sites is 1. The molecule has 0 radical (unpaired) electrons. The van der Waals surface area contributed by atoms with E-state index in [1.54, 1.807) is 20.1 Å². The predicted octanol–water partition coefficient (Wildman–Crippen LogP) is 1.78. The number of imide groups is 1. The number of urea groups is 1. The van der Waals surface area contributed by atoms with Crippen LogP contribution in [0.5, 0.6) is 5.75 Å². The molecule has 0 spiro atoms. The Morgan fingerprint density at radius 3 is 2.92 bits per heavy atom. The molecular weight excluding hydrogens is 332 g/mol. The Labute approximate surface area is 142 Å². The van der Waals surface area contributed by atoms with Crippen LogP contribution in [0.25, 0.3) is 11.5 Å². The number of nitrogens with zero attached hydrogens (tertiary/aromatic N) is 3. The number of amides is 3. The Bertz CT molecular complexity index is 763. The number of rotatable bonds is 5. The monoisotopic (exact) mass is 348 g/mol. The number of carbonyl (C=O) groups is 2. The summed E-state index contributed by atoms with van der Waals surface area (Å²) in [5.41, 5.74) is 0.678. The summed E-state index contributed by atoms with van der Waals surface area (Å²) in [4.78, 5) is 25.0. The van der Waals surface area contributed by atoms with Gasteiger partial charge in [-0.1, -0.05) is 23.9 Å². The molecule has 1 aromatic heterocycles. The van der Waals surface area contributed by atoms with Gasteiger partial charge in [0.05, 0.1) is 17.9 Å². The average molecular weight is 348 g/mol. The Morgan fingerprint density at radius 2 is 2.21 bits per heavy atom. The average Bonchev–Trinajstić information content (AvgIpc) is 3.23. The molecule has 3 amide bonds. The summed E-state index contributed by atoms with van der Waals surface area (Å²) in [7, 11) is 1.56. The second-order valence-corrected chi connectivity index (χ2v) is 6.35. The van der Waals surface area contributed by atoms with E-state index in [1.165, 1.54) is 4.90 Å². The predicted molar refractivity (Wildman–Crippen MR) is 86.7 cm³/mol. The summed E-state index contributed by atoms with van der Waals surface area (Å²) in [5, 5.41) is 10.3. The minimum Gasteiger partial charge on any atom is -0.496 e. The minimum absolute atomic E-state index is 0.261. The van der Waals surface area contributed by atoms with E-state index in [-0.39, 0.29) is 17.2 Å². The highest BCUT2D eigenvalue weighted by Crippen LogP contribution is 2.31. The third-order valence-corrected chi connectivity index (χ3v) is 4.41. The van der Waals surface area contributed by atoms with Crippen molar-refractivity contribution in [3.63, 3.8) is 0 Å². The SMILES string of the molecule is COc1ccccc1-c1nnc(SC(C)C(=O)N2CCNC2=O)o1. The van der Waals surface area contributed by atoms with E-state index in [0.717, 1.165) is 11.8 Å². The second-order valence-electron chi connectivity index (χ2n) is 5.06. The van der Waals surface area contributed by atoms with Crippen molar-refractivity contribution in [2.24, 2.45) is 0 Å². The van der Waals surface area contributed by atoms with Gasteiger partial charge in [0.25, 0.3) is 11.1 Å². The number of ether oxygens (including phenoxy) is 1. The lowest BCUT2D eigenvalue weighted by Gasteiger charge is -2.15. The Hall–Kier alpha value is -2.55. The molecule has 1 aromatic carbocycles. The number of carbonyl (C=O) groups excluding carboxylic acids is 2. The molecule has 126 valence electrons. The molecule has 0 aliphatic carbocycles. The molecule has 3 rings (SSSR count). The Morgan fingerprint density at radius 1 is 1.42 bits per heavy atom. The summed E-state index contributed by atoms with van der Waals surface area (Å²) < 4.78 is 10.9. The molecular formula is C15H16N4O4S. The van der Waals surface area contributed by atoms with Crippen LogP contribution in [0.1, 0.15) is 6.92 Å². The lowest BCUT2D eigenvalue weighted by atomic mass is 10.2. The van der Waals surface area contributed by atoms with E-state index in [0.29, 0.717) is 30.3 Å². The molecule has 1 fully saturated rings. The van der Waals surface area contributed by atoms with Crippen LogP contribution in [0.3, 0.4) is 0 Å². The van der Waals surface area contributed by atoms with Crippen molar-refractivity contribution in [2.45, 2.75) is 17.4 Å². The van der Waals surface area contributed by atoms with E-state index in [9.17, 15) is 9.59 Å². The normalized spacial score (nSPS) is 15.2. The molecule has 24 heavy (non-hydrogen) atoms. The maximum atomic E-state index is 12.3. The maximum absolute atomic E-state index is 12.3. The van der Waals surface area contributed by atoms with Crippen LogP contribution in [-0.4, -0.2) is 52.5 Å². The van der Waals surface area contributed by atoms with Crippen LogP contribution in [0.2, 0.25) is 0 Å². The molecule has 1 aliphatic heterocycles. The van der Waals surface area contributed by atoms with Gasteiger partial charge >= 0.3 is 6.03 Å². The summed E-state index contributed by atoms with van der Waals surface area (Å²) in [6.45, 7) is 2.55. The molecule has 0 saturated carbocycles. The summed E-state index contributed by atoms with van der Waals surface area (Å²) >= 11 is 1.12. The first kappa shape index (κ1) is 16.3. The van der Waals surface area contributed by atoms with Crippen molar-refractivity contribution in [3.05, 3.63) is 24.3 Å². The molecule has 0 bridgehead atoms. The highest BCUT2D eigenvalue weighted by atomic mass is 32.2. The molecule has 1 unspecified atom stereocenters.